The van der Waals surface area contributed by atoms with Gasteiger partial charge < -0.3 is 14.6 Å². The minimum Gasteiger partial charge on any atom is -0.478 e. The first-order valence-electron chi connectivity index (χ1n) is 5.80. The van der Waals surface area contributed by atoms with Gasteiger partial charge >= 0.3 is 11.9 Å². The number of carbonyl (C=O) groups excluding carboxylic acids is 1. The molecule has 0 radical (unpaired) electrons. The second kappa shape index (κ2) is 5.88. The average molecular weight is 272 g/mol. The van der Waals surface area contributed by atoms with Gasteiger partial charge in [0.25, 0.3) is 0 Å². The SMILES string of the molecule is COC(=O)c1ccc(C(=O)O)cc1Oc1ccccc1. The molecular weight excluding hydrogens is 260 g/mol. The first-order chi connectivity index (χ1) is 9.61. The Morgan fingerprint density at radius 1 is 1.05 bits per heavy atom. The number of aromatic carboxylic acids is 1. The van der Waals surface area contributed by atoms with E-state index in [0.717, 1.165) is 0 Å². The maximum atomic E-state index is 11.7. The molecule has 2 aromatic rings. The highest BCUT2D eigenvalue weighted by Crippen LogP contribution is 2.27. The predicted molar refractivity (Wildman–Crippen MR) is 71.3 cm³/mol. The van der Waals surface area contributed by atoms with Crippen molar-refractivity contribution in [3.63, 3.8) is 0 Å². The highest BCUT2D eigenvalue weighted by molar-refractivity contribution is 5.95. The Labute approximate surface area is 115 Å². The maximum Gasteiger partial charge on any atom is 0.341 e. The summed E-state index contributed by atoms with van der Waals surface area (Å²) in [4.78, 5) is 22.6. The molecular formula is C15H12O5. The molecule has 0 aliphatic rings. The molecule has 20 heavy (non-hydrogen) atoms. The number of esters is 1. The van der Waals surface area contributed by atoms with E-state index in [0.29, 0.717) is 5.75 Å². The van der Waals surface area contributed by atoms with E-state index in [1.165, 1.54) is 25.3 Å². The Kier molecular flexibility index (Phi) is 4.00. The molecule has 5 nitrogen and oxygen atoms in total. The van der Waals surface area contributed by atoms with E-state index in [4.69, 9.17) is 9.84 Å². The van der Waals surface area contributed by atoms with Crippen molar-refractivity contribution in [3.8, 4) is 11.5 Å². The number of carboxylic acid groups (broad SMARTS) is 1. The molecule has 102 valence electrons. The quantitative estimate of drug-likeness (QED) is 0.866. The van der Waals surface area contributed by atoms with Gasteiger partial charge in [-0.25, -0.2) is 9.59 Å². The van der Waals surface area contributed by atoms with Crippen LogP contribution in [0, 0.1) is 0 Å². The molecule has 5 heteroatoms. The van der Waals surface area contributed by atoms with E-state index in [-0.39, 0.29) is 16.9 Å². The van der Waals surface area contributed by atoms with Gasteiger partial charge in [0, 0.05) is 0 Å². The van der Waals surface area contributed by atoms with Crippen molar-refractivity contribution in [2.45, 2.75) is 0 Å². The zero-order chi connectivity index (χ0) is 14.5. The highest BCUT2D eigenvalue weighted by atomic mass is 16.5. The van der Waals surface area contributed by atoms with Crippen molar-refractivity contribution in [1.29, 1.82) is 0 Å². The fourth-order valence-electron chi connectivity index (χ4n) is 1.63. The second-order valence-corrected chi connectivity index (χ2v) is 3.92. The number of hydrogen-bond donors (Lipinski definition) is 1. The average Bonchev–Trinajstić information content (AvgIpc) is 2.47. The number of hydrogen-bond acceptors (Lipinski definition) is 4. The zero-order valence-corrected chi connectivity index (χ0v) is 10.7. The topological polar surface area (TPSA) is 72.8 Å². The molecule has 2 aromatic carbocycles. The van der Waals surface area contributed by atoms with Crippen LogP contribution in [0.3, 0.4) is 0 Å². The van der Waals surface area contributed by atoms with Crippen molar-refractivity contribution < 1.29 is 24.2 Å². The van der Waals surface area contributed by atoms with E-state index in [9.17, 15) is 9.59 Å². The Balaban J connectivity index is 2.44. The molecule has 0 aliphatic carbocycles. The number of carbonyl (C=O) groups is 2. The van der Waals surface area contributed by atoms with Crippen LogP contribution >= 0.6 is 0 Å². The molecule has 0 unspecified atom stereocenters. The summed E-state index contributed by atoms with van der Waals surface area (Å²) >= 11 is 0. The molecule has 0 atom stereocenters. The van der Waals surface area contributed by atoms with E-state index in [1.807, 2.05) is 6.07 Å². The minimum atomic E-state index is -1.10. The van der Waals surface area contributed by atoms with Crippen molar-refractivity contribution in [3.05, 3.63) is 59.7 Å². The summed E-state index contributed by atoms with van der Waals surface area (Å²) in [5, 5.41) is 8.99. The van der Waals surface area contributed by atoms with Crippen LogP contribution in [0.4, 0.5) is 0 Å². The Bertz CT molecular complexity index is 634. The highest BCUT2D eigenvalue weighted by Gasteiger charge is 2.16. The van der Waals surface area contributed by atoms with Crippen molar-refractivity contribution in [1.82, 2.24) is 0 Å². The van der Waals surface area contributed by atoms with Crippen molar-refractivity contribution >= 4 is 11.9 Å². The summed E-state index contributed by atoms with van der Waals surface area (Å²) in [6.45, 7) is 0. The largest absolute Gasteiger partial charge is 0.478 e. The number of methoxy groups -OCH3 is 1. The van der Waals surface area contributed by atoms with Gasteiger partial charge in [-0.3, -0.25) is 0 Å². The first kappa shape index (κ1) is 13.6. The van der Waals surface area contributed by atoms with Crippen LogP contribution in [0.1, 0.15) is 20.7 Å². The van der Waals surface area contributed by atoms with Gasteiger partial charge in [0.2, 0.25) is 0 Å². The van der Waals surface area contributed by atoms with E-state index >= 15 is 0 Å². The number of carboxylic acids is 1. The number of benzene rings is 2. The van der Waals surface area contributed by atoms with Crippen LogP contribution in [0.25, 0.3) is 0 Å². The number of rotatable bonds is 4. The maximum absolute atomic E-state index is 11.7. The van der Waals surface area contributed by atoms with Gasteiger partial charge in [0.15, 0.2) is 0 Å². The van der Waals surface area contributed by atoms with E-state index in [2.05, 4.69) is 4.74 Å². The lowest BCUT2D eigenvalue weighted by Crippen LogP contribution is -2.06. The van der Waals surface area contributed by atoms with Gasteiger partial charge in [-0.15, -0.1) is 0 Å². The van der Waals surface area contributed by atoms with Gasteiger partial charge in [-0.05, 0) is 30.3 Å². The van der Waals surface area contributed by atoms with Gasteiger partial charge in [-0.1, -0.05) is 18.2 Å². The summed E-state index contributed by atoms with van der Waals surface area (Å²) in [7, 11) is 1.25. The van der Waals surface area contributed by atoms with Crippen LogP contribution < -0.4 is 4.74 Å². The monoisotopic (exact) mass is 272 g/mol. The van der Waals surface area contributed by atoms with Gasteiger partial charge in [0.1, 0.15) is 17.1 Å². The fourth-order valence-corrected chi connectivity index (χ4v) is 1.63. The molecule has 2 rings (SSSR count). The minimum absolute atomic E-state index is 0.0311. The van der Waals surface area contributed by atoms with Crippen LogP contribution in [0.15, 0.2) is 48.5 Å². The Morgan fingerprint density at radius 3 is 2.35 bits per heavy atom. The molecule has 0 spiro atoms. The molecule has 0 saturated carbocycles. The Morgan fingerprint density at radius 2 is 1.75 bits per heavy atom. The van der Waals surface area contributed by atoms with Crippen LogP contribution in [-0.4, -0.2) is 24.2 Å². The third-order valence-electron chi connectivity index (χ3n) is 2.60. The zero-order valence-electron chi connectivity index (χ0n) is 10.7. The number of para-hydroxylation sites is 1. The molecule has 1 N–H and O–H groups in total. The normalized spacial score (nSPS) is 9.85. The standard InChI is InChI=1S/C15H12O5/c1-19-15(18)12-8-7-10(14(16)17)9-13(12)20-11-5-3-2-4-6-11/h2-9H,1H3,(H,16,17). The summed E-state index contributed by atoms with van der Waals surface area (Å²) in [6.07, 6.45) is 0. The van der Waals surface area contributed by atoms with Crippen LogP contribution in [0.5, 0.6) is 11.5 Å². The van der Waals surface area contributed by atoms with Crippen LogP contribution in [0.2, 0.25) is 0 Å². The molecule has 0 heterocycles. The van der Waals surface area contributed by atoms with Crippen LogP contribution in [-0.2, 0) is 4.74 Å². The van der Waals surface area contributed by atoms with E-state index in [1.54, 1.807) is 24.3 Å². The molecule has 0 aromatic heterocycles. The lowest BCUT2D eigenvalue weighted by molar-refractivity contribution is 0.0595. The molecule has 0 fully saturated rings. The summed E-state index contributed by atoms with van der Waals surface area (Å²) in [5.74, 6) is -1.05. The summed E-state index contributed by atoms with van der Waals surface area (Å²) in [6, 6.07) is 12.8. The van der Waals surface area contributed by atoms with Crippen molar-refractivity contribution in [2.24, 2.45) is 0 Å². The van der Waals surface area contributed by atoms with Gasteiger partial charge in [0.05, 0.1) is 12.7 Å². The smallest absolute Gasteiger partial charge is 0.341 e. The lowest BCUT2D eigenvalue weighted by Gasteiger charge is -2.10. The lowest BCUT2D eigenvalue weighted by atomic mass is 10.1. The van der Waals surface area contributed by atoms with Crippen molar-refractivity contribution in [2.75, 3.05) is 7.11 Å². The number of ether oxygens (including phenoxy) is 2. The Hall–Kier alpha value is -2.82. The second-order valence-electron chi connectivity index (χ2n) is 3.92. The fraction of sp³-hybridized carbons (Fsp3) is 0.0667. The third-order valence-corrected chi connectivity index (χ3v) is 2.60. The van der Waals surface area contributed by atoms with Gasteiger partial charge in [-0.2, -0.15) is 0 Å². The van der Waals surface area contributed by atoms with E-state index < -0.39 is 11.9 Å². The predicted octanol–water partition coefficient (Wildman–Crippen LogP) is 2.96. The molecule has 0 saturated heterocycles. The molecule has 0 amide bonds. The molecule has 0 bridgehead atoms. The molecule has 0 aliphatic heterocycles. The summed E-state index contributed by atoms with van der Waals surface area (Å²) in [5.41, 5.74) is 0.199. The first-order valence-corrected chi connectivity index (χ1v) is 5.80. The summed E-state index contributed by atoms with van der Waals surface area (Å²) < 4.78 is 10.2. The third kappa shape index (κ3) is 2.95.